The first kappa shape index (κ1) is 23.1. The van der Waals surface area contributed by atoms with Crippen LogP contribution < -0.4 is 5.32 Å². The molecule has 33 heavy (non-hydrogen) atoms. The first-order valence-corrected chi connectivity index (χ1v) is 11.5. The fourth-order valence-corrected chi connectivity index (χ4v) is 4.52. The van der Waals surface area contributed by atoms with Gasteiger partial charge in [0, 0.05) is 49.1 Å². The molecular formula is C25H29ClN6O. The molecule has 3 aromatic rings. The van der Waals surface area contributed by atoms with Gasteiger partial charge in [0.25, 0.3) is 5.91 Å². The van der Waals surface area contributed by atoms with Gasteiger partial charge in [0.1, 0.15) is 12.1 Å². The summed E-state index contributed by atoms with van der Waals surface area (Å²) < 4.78 is 0. The Bertz CT molecular complexity index is 1150. The number of likely N-dealkylation sites (tertiary alicyclic amines) is 1. The van der Waals surface area contributed by atoms with Crippen molar-refractivity contribution in [3.8, 4) is 22.4 Å². The first-order chi connectivity index (χ1) is 15.9. The van der Waals surface area contributed by atoms with E-state index in [-0.39, 0.29) is 5.91 Å². The van der Waals surface area contributed by atoms with Gasteiger partial charge in [-0.25, -0.2) is 15.0 Å². The number of rotatable bonds is 6. The number of nitrogens with one attached hydrogen (secondary N) is 1. The van der Waals surface area contributed by atoms with Gasteiger partial charge in [0.2, 0.25) is 0 Å². The zero-order chi connectivity index (χ0) is 23.5. The second kappa shape index (κ2) is 9.85. The van der Waals surface area contributed by atoms with E-state index in [2.05, 4.69) is 32.1 Å². The van der Waals surface area contributed by atoms with Crippen molar-refractivity contribution in [1.29, 1.82) is 0 Å². The molecule has 1 aliphatic heterocycles. The Morgan fingerprint density at radius 1 is 1.18 bits per heavy atom. The molecule has 172 valence electrons. The predicted octanol–water partition coefficient (Wildman–Crippen LogP) is 4.24. The number of likely N-dealkylation sites (N-methyl/N-ethyl adjacent to an activating group) is 1. The van der Waals surface area contributed by atoms with Crippen molar-refractivity contribution in [3.63, 3.8) is 0 Å². The third kappa shape index (κ3) is 4.70. The van der Waals surface area contributed by atoms with E-state index in [0.29, 0.717) is 16.6 Å². The third-order valence-corrected chi connectivity index (χ3v) is 6.54. The number of anilines is 1. The SMILES string of the molecule is CCc1ncnc(-c2ccc(C(=O)N3CC[C@@H](N(C)C)C3)c(Cl)c2)c1-c1ccc(NC)nc1. The highest BCUT2D eigenvalue weighted by Gasteiger charge is 2.29. The minimum Gasteiger partial charge on any atom is -0.373 e. The fourth-order valence-electron chi connectivity index (χ4n) is 4.26. The van der Waals surface area contributed by atoms with E-state index < -0.39 is 0 Å². The molecule has 1 saturated heterocycles. The van der Waals surface area contributed by atoms with Gasteiger partial charge in [-0.3, -0.25) is 4.79 Å². The molecule has 0 spiro atoms. The number of aromatic nitrogens is 3. The van der Waals surface area contributed by atoms with Crippen molar-refractivity contribution in [3.05, 3.63) is 59.1 Å². The van der Waals surface area contributed by atoms with Crippen LogP contribution in [0.25, 0.3) is 22.4 Å². The van der Waals surface area contributed by atoms with E-state index >= 15 is 0 Å². The van der Waals surface area contributed by atoms with Crippen LogP contribution in [0.4, 0.5) is 5.82 Å². The summed E-state index contributed by atoms with van der Waals surface area (Å²) in [5, 5.41) is 3.47. The molecule has 2 aromatic heterocycles. The highest BCUT2D eigenvalue weighted by molar-refractivity contribution is 6.34. The predicted molar refractivity (Wildman–Crippen MR) is 133 cm³/mol. The van der Waals surface area contributed by atoms with Crippen LogP contribution in [0, 0.1) is 0 Å². The van der Waals surface area contributed by atoms with Gasteiger partial charge in [0.05, 0.1) is 22.0 Å². The van der Waals surface area contributed by atoms with Crippen LogP contribution in [0.3, 0.4) is 0 Å². The summed E-state index contributed by atoms with van der Waals surface area (Å²) in [4.78, 5) is 30.7. The van der Waals surface area contributed by atoms with E-state index in [9.17, 15) is 4.79 Å². The number of nitrogens with zero attached hydrogens (tertiary/aromatic N) is 5. The van der Waals surface area contributed by atoms with Crippen LogP contribution in [0.15, 0.2) is 42.9 Å². The maximum absolute atomic E-state index is 13.1. The number of hydrogen-bond donors (Lipinski definition) is 1. The number of carbonyl (C=O) groups is 1. The van der Waals surface area contributed by atoms with E-state index in [1.165, 1.54) is 0 Å². The summed E-state index contributed by atoms with van der Waals surface area (Å²) in [5.74, 6) is 0.763. The molecule has 1 aromatic carbocycles. The average molecular weight is 465 g/mol. The molecule has 1 amide bonds. The zero-order valence-corrected chi connectivity index (χ0v) is 20.2. The lowest BCUT2D eigenvalue weighted by Gasteiger charge is -2.21. The summed E-state index contributed by atoms with van der Waals surface area (Å²) in [6.45, 7) is 3.53. The minimum atomic E-state index is -0.0279. The Labute approximate surface area is 199 Å². The number of pyridine rings is 1. The molecule has 1 N–H and O–H groups in total. The van der Waals surface area contributed by atoms with Crippen molar-refractivity contribution >= 4 is 23.3 Å². The molecule has 4 rings (SSSR count). The normalized spacial score (nSPS) is 15.8. The lowest BCUT2D eigenvalue weighted by Crippen LogP contribution is -2.34. The Hall–Kier alpha value is -3.03. The molecule has 8 heteroatoms. The number of halogens is 1. The summed E-state index contributed by atoms with van der Waals surface area (Å²) in [7, 11) is 5.93. The van der Waals surface area contributed by atoms with Crippen molar-refractivity contribution < 1.29 is 4.79 Å². The van der Waals surface area contributed by atoms with Gasteiger partial charge < -0.3 is 15.1 Å². The van der Waals surface area contributed by atoms with Crippen molar-refractivity contribution in [1.82, 2.24) is 24.8 Å². The number of amides is 1. The smallest absolute Gasteiger partial charge is 0.255 e. The quantitative estimate of drug-likeness (QED) is 0.588. The second-order valence-corrected chi connectivity index (χ2v) is 8.84. The summed E-state index contributed by atoms with van der Waals surface area (Å²) in [6.07, 6.45) is 5.12. The van der Waals surface area contributed by atoms with Gasteiger partial charge in [-0.1, -0.05) is 24.6 Å². The zero-order valence-electron chi connectivity index (χ0n) is 19.5. The molecule has 0 saturated carbocycles. The van der Waals surface area contributed by atoms with Crippen molar-refractivity contribution in [2.24, 2.45) is 0 Å². The maximum Gasteiger partial charge on any atom is 0.255 e. The Morgan fingerprint density at radius 3 is 2.58 bits per heavy atom. The van der Waals surface area contributed by atoms with Gasteiger partial charge >= 0.3 is 0 Å². The monoisotopic (exact) mass is 464 g/mol. The van der Waals surface area contributed by atoms with E-state index in [0.717, 1.165) is 59.8 Å². The van der Waals surface area contributed by atoms with Crippen molar-refractivity contribution in [2.75, 3.05) is 39.5 Å². The van der Waals surface area contributed by atoms with Crippen LogP contribution in [-0.4, -0.2) is 70.9 Å². The highest BCUT2D eigenvalue weighted by Crippen LogP contribution is 2.35. The van der Waals surface area contributed by atoms with Gasteiger partial charge in [-0.15, -0.1) is 0 Å². The maximum atomic E-state index is 13.1. The molecule has 0 radical (unpaired) electrons. The number of benzene rings is 1. The lowest BCUT2D eigenvalue weighted by molar-refractivity contribution is 0.0783. The molecule has 0 unspecified atom stereocenters. The molecule has 1 fully saturated rings. The molecule has 3 heterocycles. The fraction of sp³-hybridized carbons (Fsp3) is 0.360. The molecule has 1 aliphatic rings. The standard InChI is InChI=1S/C25H29ClN6O/c1-5-21-23(17-7-9-22(27-2)28-13-17)24(30-15-29-21)16-6-8-19(20(26)12-16)25(33)32-11-10-18(14-32)31(3)4/h6-9,12-13,15,18H,5,10-11,14H2,1-4H3,(H,27,28)/t18-/m1/s1. The van der Waals surface area contributed by atoms with Crippen LogP contribution in [0.2, 0.25) is 5.02 Å². The first-order valence-electron chi connectivity index (χ1n) is 11.2. The third-order valence-electron chi connectivity index (χ3n) is 6.22. The molecular weight excluding hydrogens is 436 g/mol. The molecule has 1 atom stereocenters. The largest absolute Gasteiger partial charge is 0.373 e. The summed E-state index contributed by atoms with van der Waals surface area (Å²) in [5.41, 5.74) is 4.93. The Kier molecular flexibility index (Phi) is 6.91. The van der Waals surface area contributed by atoms with Crippen molar-refractivity contribution in [2.45, 2.75) is 25.8 Å². The number of carbonyl (C=O) groups excluding carboxylic acids is 1. The lowest BCUT2D eigenvalue weighted by atomic mass is 9.97. The number of aryl methyl sites for hydroxylation is 1. The molecule has 0 bridgehead atoms. The van der Waals surface area contributed by atoms with Gasteiger partial charge in [0.15, 0.2) is 0 Å². The highest BCUT2D eigenvalue weighted by atomic mass is 35.5. The van der Waals surface area contributed by atoms with Gasteiger partial charge in [-0.2, -0.15) is 0 Å². The minimum absolute atomic E-state index is 0.0279. The van der Waals surface area contributed by atoms with E-state index in [4.69, 9.17) is 11.6 Å². The van der Waals surface area contributed by atoms with Crippen LogP contribution in [0.5, 0.6) is 0 Å². The molecule has 7 nitrogen and oxygen atoms in total. The summed E-state index contributed by atoms with van der Waals surface area (Å²) in [6, 6.07) is 9.87. The van der Waals surface area contributed by atoms with Crippen LogP contribution in [0.1, 0.15) is 29.4 Å². The van der Waals surface area contributed by atoms with Crippen LogP contribution >= 0.6 is 11.6 Å². The second-order valence-electron chi connectivity index (χ2n) is 8.43. The average Bonchev–Trinajstić information content (AvgIpc) is 3.34. The van der Waals surface area contributed by atoms with Crippen LogP contribution in [-0.2, 0) is 6.42 Å². The molecule has 0 aliphatic carbocycles. The Morgan fingerprint density at radius 2 is 1.97 bits per heavy atom. The van der Waals surface area contributed by atoms with Gasteiger partial charge in [-0.05, 0) is 51.2 Å². The van der Waals surface area contributed by atoms with E-state index in [1.807, 2.05) is 62.6 Å². The van der Waals surface area contributed by atoms with E-state index in [1.54, 1.807) is 6.33 Å². The topological polar surface area (TPSA) is 74.2 Å². The number of hydrogen-bond acceptors (Lipinski definition) is 6. The summed E-state index contributed by atoms with van der Waals surface area (Å²) >= 11 is 6.64. The Balaban J connectivity index is 1.69.